The SMILES string of the molecule is CCC1CCCCCN1c1sc([C@H](C)O)cc1[N+](=O)[O-]. The van der Waals surface area contributed by atoms with Crippen LogP contribution in [0.15, 0.2) is 6.07 Å². The fourth-order valence-corrected chi connectivity index (χ4v) is 3.96. The molecule has 0 aromatic carbocycles. The van der Waals surface area contributed by atoms with E-state index in [1.165, 1.54) is 30.2 Å². The summed E-state index contributed by atoms with van der Waals surface area (Å²) in [6.07, 6.45) is 4.90. The molecule has 0 saturated carbocycles. The third kappa shape index (κ3) is 3.12. The van der Waals surface area contributed by atoms with Crippen molar-refractivity contribution in [2.45, 2.75) is 58.1 Å². The molecular weight excluding hydrogens is 276 g/mol. The Morgan fingerprint density at radius 3 is 2.90 bits per heavy atom. The van der Waals surface area contributed by atoms with Crippen molar-refractivity contribution in [3.8, 4) is 0 Å². The lowest BCUT2D eigenvalue weighted by Crippen LogP contribution is -2.34. The number of hydrogen-bond acceptors (Lipinski definition) is 5. The summed E-state index contributed by atoms with van der Waals surface area (Å²) in [6, 6.07) is 1.90. The van der Waals surface area contributed by atoms with Crippen LogP contribution in [0.3, 0.4) is 0 Å². The van der Waals surface area contributed by atoms with Crippen LogP contribution in [0.1, 0.15) is 56.9 Å². The zero-order valence-corrected chi connectivity index (χ0v) is 12.9. The molecule has 5 nitrogen and oxygen atoms in total. The van der Waals surface area contributed by atoms with E-state index < -0.39 is 6.10 Å². The van der Waals surface area contributed by atoms with Gasteiger partial charge in [0.1, 0.15) is 0 Å². The molecule has 1 aromatic heterocycles. The molecule has 0 bridgehead atoms. The summed E-state index contributed by atoms with van der Waals surface area (Å²) in [5.74, 6) is 0. The first kappa shape index (κ1) is 15.3. The van der Waals surface area contributed by atoms with Gasteiger partial charge in [-0.1, -0.05) is 19.8 Å². The first-order chi connectivity index (χ1) is 9.54. The molecule has 1 N–H and O–H groups in total. The monoisotopic (exact) mass is 298 g/mol. The molecule has 1 unspecified atom stereocenters. The number of aliphatic hydroxyl groups excluding tert-OH is 1. The van der Waals surface area contributed by atoms with Gasteiger partial charge in [-0.25, -0.2) is 0 Å². The molecule has 1 aliphatic rings. The Labute approximate surface area is 123 Å². The van der Waals surface area contributed by atoms with Gasteiger partial charge >= 0.3 is 5.69 Å². The van der Waals surface area contributed by atoms with Gasteiger partial charge in [0, 0.05) is 23.5 Å². The lowest BCUT2D eigenvalue weighted by Gasteiger charge is -2.29. The summed E-state index contributed by atoms with van der Waals surface area (Å²) < 4.78 is 0. The van der Waals surface area contributed by atoms with Gasteiger partial charge < -0.3 is 10.0 Å². The zero-order valence-electron chi connectivity index (χ0n) is 12.0. The number of nitro groups is 1. The Morgan fingerprint density at radius 2 is 2.30 bits per heavy atom. The third-order valence-electron chi connectivity index (χ3n) is 3.93. The van der Waals surface area contributed by atoms with E-state index in [2.05, 4.69) is 11.8 Å². The predicted octanol–water partition coefficient (Wildman–Crippen LogP) is 3.87. The van der Waals surface area contributed by atoms with Gasteiger partial charge in [-0.3, -0.25) is 10.1 Å². The topological polar surface area (TPSA) is 66.6 Å². The maximum absolute atomic E-state index is 11.3. The van der Waals surface area contributed by atoms with Crippen molar-refractivity contribution in [2.24, 2.45) is 0 Å². The fraction of sp³-hybridized carbons (Fsp3) is 0.714. The second kappa shape index (κ2) is 6.54. The number of anilines is 1. The van der Waals surface area contributed by atoms with Crippen LogP contribution in [0.5, 0.6) is 0 Å². The summed E-state index contributed by atoms with van der Waals surface area (Å²) in [4.78, 5) is 13.8. The van der Waals surface area contributed by atoms with Crippen LogP contribution in [0.4, 0.5) is 10.7 Å². The molecule has 2 atom stereocenters. The quantitative estimate of drug-likeness (QED) is 0.677. The molecular formula is C14H22N2O3S. The lowest BCUT2D eigenvalue weighted by atomic mass is 10.1. The maximum atomic E-state index is 11.3. The standard InChI is InChI=1S/C14H22N2O3S/c1-3-11-7-5-4-6-8-15(11)14-12(16(18)19)9-13(20-14)10(2)17/h9-11,17H,3-8H2,1-2H3/t10-,11?/m0/s1. The van der Waals surface area contributed by atoms with Crippen LogP contribution < -0.4 is 4.90 Å². The number of thiophene rings is 1. The largest absolute Gasteiger partial charge is 0.388 e. The van der Waals surface area contributed by atoms with Gasteiger partial charge in [0.05, 0.1) is 11.0 Å². The smallest absolute Gasteiger partial charge is 0.304 e. The van der Waals surface area contributed by atoms with E-state index in [9.17, 15) is 15.2 Å². The van der Waals surface area contributed by atoms with Crippen LogP contribution in [0.25, 0.3) is 0 Å². The van der Waals surface area contributed by atoms with Gasteiger partial charge in [0.2, 0.25) is 0 Å². The van der Waals surface area contributed by atoms with E-state index in [1.54, 1.807) is 6.92 Å². The van der Waals surface area contributed by atoms with Crippen LogP contribution >= 0.6 is 11.3 Å². The van der Waals surface area contributed by atoms with Crippen molar-refractivity contribution in [2.75, 3.05) is 11.4 Å². The number of aliphatic hydroxyl groups is 1. The maximum Gasteiger partial charge on any atom is 0.304 e. The molecule has 1 saturated heterocycles. The molecule has 1 fully saturated rings. The predicted molar refractivity (Wildman–Crippen MR) is 81.5 cm³/mol. The van der Waals surface area contributed by atoms with Gasteiger partial charge in [0.25, 0.3) is 0 Å². The average molecular weight is 298 g/mol. The lowest BCUT2D eigenvalue weighted by molar-refractivity contribution is -0.383. The van der Waals surface area contributed by atoms with Crippen molar-refractivity contribution < 1.29 is 10.0 Å². The highest BCUT2D eigenvalue weighted by Crippen LogP contribution is 2.42. The van der Waals surface area contributed by atoms with Crippen molar-refractivity contribution in [1.29, 1.82) is 0 Å². The molecule has 1 aromatic rings. The molecule has 0 amide bonds. The van der Waals surface area contributed by atoms with E-state index in [-0.39, 0.29) is 10.6 Å². The first-order valence-electron chi connectivity index (χ1n) is 7.27. The Hall–Kier alpha value is -1.14. The number of rotatable bonds is 4. The van der Waals surface area contributed by atoms with E-state index in [0.717, 1.165) is 30.8 Å². The molecule has 2 heterocycles. The average Bonchev–Trinajstić information content (AvgIpc) is 2.72. The molecule has 0 spiro atoms. The van der Waals surface area contributed by atoms with Gasteiger partial charge in [0.15, 0.2) is 5.00 Å². The van der Waals surface area contributed by atoms with Crippen molar-refractivity contribution in [3.05, 3.63) is 21.1 Å². The van der Waals surface area contributed by atoms with Crippen molar-refractivity contribution in [1.82, 2.24) is 0 Å². The molecule has 6 heteroatoms. The Morgan fingerprint density at radius 1 is 1.55 bits per heavy atom. The molecule has 1 aliphatic heterocycles. The molecule has 0 radical (unpaired) electrons. The second-order valence-corrected chi connectivity index (χ2v) is 6.44. The van der Waals surface area contributed by atoms with E-state index in [0.29, 0.717) is 10.9 Å². The number of hydrogen-bond donors (Lipinski definition) is 1. The van der Waals surface area contributed by atoms with E-state index in [4.69, 9.17) is 0 Å². The van der Waals surface area contributed by atoms with E-state index in [1.807, 2.05) is 0 Å². The third-order valence-corrected chi connectivity index (χ3v) is 5.26. The second-order valence-electron chi connectivity index (χ2n) is 5.38. The van der Waals surface area contributed by atoms with Crippen LogP contribution in [0.2, 0.25) is 0 Å². The highest BCUT2D eigenvalue weighted by atomic mass is 32.1. The zero-order chi connectivity index (χ0) is 14.7. The Bertz CT molecular complexity index is 473. The molecule has 0 aliphatic carbocycles. The summed E-state index contributed by atoms with van der Waals surface area (Å²) >= 11 is 1.37. The molecule has 112 valence electrons. The Balaban J connectivity index is 2.39. The first-order valence-corrected chi connectivity index (χ1v) is 8.09. The van der Waals surface area contributed by atoms with Crippen molar-refractivity contribution in [3.63, 3.8) is 0 Å². The van der Waals surface area contributed by atoms with Gasteiger partial charge in [-0.2, -0.15) is 0 Å². The summed E-state index contributed by atoms with van der Waals surface area (Å²) in [6.45, 7) is 4.66. The number of nitrogens with zero attached hydrogens (tertiary/aromatic N) is 2. The molecule has 2 rings (SSSR count). The van der Waals surface area contributed by atoms with Crippen LogP contribution in [0, 0.1) is 10.1 Å². The summed E-state index contributed by atoms with van der Waals surface area (Å²) in [5.41, 5.74) is 0.145. The minimum absolute atomic E-state index is 0.145. The highest BCUT2D eigenvalue weighted by molar-refractivity contribution is 7.16. The minimum Gasteiger partial charge on any atom is -0.388 e. The molecule has 20 heavy (non-hydrogen) atoms. The highest BCUT2D eigenvalue weighted by Gasteiger charge is 2.29. The van der Waals surface area contributed by atoms with E-state index >= 15 is 0 Å². The van der Waals surface area contributed by atoms with Crippen LogP contribution in [-0.2, 0) is 0 Å². The normalized spacial score (nSPS) is 21.6. The summed E-state index contributed by atoms with van der Waals surface area (Å²) in [7, 11) is 0. The van der Waals surface area contributed by atoms with Gasteiger partial charge in [-0.05, 0) is 26.2 Å². The van der Waals surface area contributed by atoms with Gasteiger partial charge in [-0.15, -0.1) is 11.3 Å². The summed E-state index contributed by atoms with van der Waals surface area (Å²) in [5, 5.41) is 21.7. The van der Waals surface area contributed by atoms with Crippen molar-refractivity contribution >= 4 is 22.0 Å². The van der Waals surface area contributed by atoms with Crippen LogP contribution in [-0.4, -0.2) is 22.6 Å². The minimum atomic E-state index is -0.653. The Kier molecular flexibility index (Phi) is 4.99. The fourth-order valence-electron chi connectivity index (χ4n) is 2.80.